The molecule has 0 unspecified atom stereocenters. The molecule has 0 aliphatic carbocycles. The molecule has 9 nitrogen and oxygen atoms in total. The van der Waals surface area contributed by atoms with Crippen LogP contribution < -0.4 is 15.0 Å². The van der Waals surface area contributed by atoms with Crippen LogP contribution in [0.4, 0.5) is 10.1 Å². The van der Waals surface area contributed by atoms with Gasteiger partial charge in [-0.25, -0.2) is 9.37 Å². The van der Waals surface area contributed by atoms with Crippen LogP contribution in [0.5, 0.6) is 5.88 Å². The molecule has 0 radical (unpaired) electrons. The quantitative estimate of drug-likeness (QED) is 0.547. The number of methoxy groups -OCH3 is 1. The molecule has 1 aromatic carbocycles. The maximum absolute atomic E-state index is 13.2. The first-order valence-corrected chi connectivity index (χ1v) is 9.87. The van der Waals surface area contributed by atoms with Crippen molar-refractivity contribution in [1.29, 1.82) is 0 Å². The molecular formula is C21H22FN5O4. The molecule has 162 valence electrons. The van der Waals surface area contributed by atoms with Crippen molar-refractivity contribution < 1.29 is 23.2 Å². The fourth-order valence-electron chi connectivity index (χ4n) is 3.17. The average molecular weight is 427 g/mol. The van der Waals surface area contributed by atoms with Crippen LogP contribution in [0.3, 0.4) is 0 Å². The van der Waals surface area contributed by atoms with Crippen molar-refractivity contribution in [2.45, 2.75) is 13.0 Å². The van der Waals surface area contributed by atoms with Gasteiger partial charge in [-0.15, -0.1) is 0 Å². The molecule has 31 heavy (non-hydrogen) atoms. The molecule has 3 aromatic rings. The van der Waals surface area contributed by atoms with Gasteiger partial charge in [-0.1, -0.05) is 17.3 Å². The molecule has 0 fully saturated rings. The highest BCUT2D eigenvalue weighted by atomic mass is 19.1. The second-order valence-electron chi connectivity index (χ2n) is 6.97. The summed E-state index contributed by atoms with van der Waals surface area (Å²) in [5, 5.41) is 6.47. The lowest BCUT2D eigenvalue weighted by Crippen LogP contribution is -2.32. The number of anilines is 1. The Bertz CT molecular complexity index is 1040. The number of nitrogens with one attached hydrogen (secondary N) is 1. The van der Waals surface area contributed by atoms with Crippen LogP contribution in [0, 0.1) is 5.82 Å². The zero-order valence-electron chi connectivity index (χ0n) is 17.0. The summed E-state index contributed by atoms with van der Waals surface area (Å²) in [6, 6.07) is 8.20. The van der Waals surface area contributed by atoms with Gasteiger partial charge in [0.05, 0.1) is 12.1 Å². The fraction of sp³-hybridized carbons (Fsp3) is 0.333. The van der Waals surface area contributed by atoms with E-state index in [1.165, 1.54) is 12.1 Å². The number of aromatic nitrogens is 3. The average Bonchev–Trinajstić information content (AvgIpc) is 3.29. The van der Waals surface area contributed by atoms with Gasteiger partial charge in [0, 0.05) is 33.0 Å². The van der Waals surface area contributed by atoms with Crippen LogP contribution >= 0.6 is 0 Å². The van der Waals surface area contributed by atoms with Gasteiger partial charge in [0.25, 0.3) is 17.6 Å². The van der Waals surface area contributed by atoms with Crippen molar-refractivity contribution in [2.24, 2.45) is 0 Å². The Labute approximate surface area is 178 Å². The van der Waals surface area contributed by atoms with E-state index in [1.807, 2.05) is 6.07 Å². The second-order valence-corrected chi connectivity index (χ2v) is 6.97. The van der Waals surface area contributed by atoms with Gasteiger partial charge < -0.3 is 24.2 Å². The maximum atomic E-state index is 13.2. The first kappa shape index (κ1) is 20.7. The zero-order chi connectivity index (χ0) is 21.6. The molecular weight excluding hydrogens is 405 g/mol. The van der Waals surface area contributed by atoms with E-state index in [4.69, 9.17) is 14.0 Å². The molecule has 0 spiro atoms. The Kier molecular flexibility index (Phi) is 6.37. The Morgan fingerprint density at radius 1 is 1.32 bits per heavy atom. The lowest BCUT2D eigenvalue weighted by Gasteiger charge is -2.30. The van der Waals surface area contributed by atoms with Crippen molar-refractivity contribution in [3.05, 3.63) is 53.7 Å². The third-order valence-corrected chi connectivity index (χ3v) is 4.75. The highest BCUT2D eigenvalue weighted by Crippen LogP contribution is 2.34. The number of hydrogen-bond acceptors (Lipinski definition) is 8. The summed E-state index contributed by atoms with van der Waals surface area (Å²) in [5.41, 5.74) is 2.29. The van der Waals surface area contributed by atoms with Crippen LogP contribution in [0.25, 0.3) is 11.5 Å². The van der Waals surface area contributed by atoms with E-state index in [9.17, 15) is 9.18 Å². The van der Waals surface area contributed by atoms with Gasteiger partial charge in [0.2, 0.25) is 5.88 Å². The summed E-state index contributed by atoms with van der Waals surface area (Å²) in [5.74, 6) is -0.0646. The Morgan fingerprint density at radius 2 is 2.16 bits per heavy atom. The molecule has 2 aromatic heterocycles. The van der Waals surface area contributed by atoms with E-state index in [-0.39, 0.29) is 17.5 Å². The molecule has 1 aliphatic rings. The summed E-state index contributed by atoms with van der Waals surface area (Å²) >= 11 is 0. The normalized spacial score (nSPS) is 12.9. The molecule has 1 aliphatic heterocycles. The Morgan fingerprint density at radius 3 is 2.97 bits per heavy atom. The molecule has 10 heteroatoms. The first-order chi connectivity index (χ1) is 15.1. The molecule has 1 N–H and O–H groups in total. The lowest BCUT2D eigenvalue weighted by atomic mass is 10.1. The minimum absolute atomic E-state index is 0.0513. The standard InChI is InChI=1S/C21H22FN5O4/c1-29-9-2-7-23-19(28)18-25-20(31-26-18)15-11-17-21(24-12-15)30-10-8-27(17)13-14-3-5-16(22)6-4-14/h3-6,11-12H,2,7-10,13H2,1H3,(H,23,28). The number of ether oxygens (including phenoxy) is 2. The smallest absolute Gasteiger partial charge is 0.292 e. The highest BCUT2D eigenvalue weighted by Gasteiger charge is 2.23. The number of nitrogens with zero attached hydrogens (tertiary/aromatic N) is 4. The van der Waals surface area contributed by atoms with E-state index in [0.29, 0.717) is 50.7 Å². The van der Waals surface area contributed by atoms with E-state index in [0.717, 1.165) is 11.3 Å². The number of amides is 1. The van der Waals surface area contributed by atoms with Crippen molar-refractivity contribution in [2.75, 3.05) is 38.3 Å². The maximum Gasteiger partial charge on any atom is 0.292 e. The molecule has 0 saturated heterocycles. The SMILES string of the molecule is COCCCNC(=O)c1noc(-c2cnc3c(c2)N(Cc2ccc(F)cc2)CCO3)n1. The number of halogens is 1. The van der Waals surface area contributed by atoms with Crippen molar-refractivity contribution in [3.63, 3.8) is 0 Å². The number of fused-ring (bicyclic) bond motifs is 1. The predicted octanol–water partition coefficient (Wildman–Crippen LogP) is 2.44. The minimum atomic E-state index is -0.418. The van der Waals surface area contributed by atoms with E-state index in [1.54, 1.807) is 25.4 Å². The molecule has 1 amide bonds. The van der Waals surface area contributed by atoms with Gasteiger partial charge in [0.15, 0.2) is 0 Å². The number of carbonyl (C=O) groups is 1. The second kappa shape index (κ2) is 9.52. The number of hydrogen-bond donors (Lipinski definition) is 1. The largest absolute Gasteiger partial charge is 0.474 e. The third-order valence-electron chi connectivity index (χ3n) is 4.75. The van der Waals surface area contributed by atoms with Crippen LogP contribution in [-0.2, 0) is 11.3 Å². The fourth-order valence-corrected chi connectivity index (χ4v) is 3.17. The molecule has 4 rings (SSSR count). The summed E-state index contributed by atoms with van der Waals surface area (Å²) < 4.78 is 29.1. The third kappa shape index (κ3) is 4.97. The summed E-state index contributed by atoms with van der Waals surface area (Å²) in [6.07, 6.45) is 2.25. The minimum Gasteiger partial charge on any atom is -0.474 e. The van der Waals surface area contributed by atoms with E-state index in [2.05, 4.69) is 25.3 Å². The van der Waals surface area contributed by atoms with E-state index >= 15 is 0 Å². The summed E-state index contributed by atoms with van der Waals surface area (Å²) in [4.78, 5) is 22.8. The Balaban J connectivity index is 1.50. The number of benzene rings is 1. The zero-order valence-corrected chi connectivity index (χ0v) is 17.0. The molecule has 0 atom stereocenters. The predicted molar refractivity (Wildman–Crippen MR) is 109 cm³/mol. The number of rotatable bonds is 8. The Hall–Kier alpha value is -3.53. The highest BCUT2D eigenvalue weighted by molar-refractivity contribution is 5.90. The van der Waals surface area contributed by atoms with Crippen molar-refractivity contribution in [3.8, 4) is 17.3 Å². The number of pyridine rings is 1. The van der Waals surface area contributed by atoms with Gasteiger partial charge in [-0.2, -0.15) is 4.98 Å². The molecule has 0 saturated carbocycles. The number of carbonyl (C=O) groups excluding carboxylic acids is 1. The summed E-state index contributed by atoms with van der Waals surface area (Å²) in [7, 11) is 1.60. The van der Waals surface area contributed by atoms with Crippen molar-refractivity contribution >= 4 is 11.6 Å². The molecule has 0 bridgehead atoms. The van der Waals surface area contributed by atoms with Crippen LogP contribution in [0.2, 0.25) is 0 Å². The summed E-state index contributed by atoms with van der Waals surface area (Å²) in [6.45, 7) is 2.71. The molecule has 3 heterocycles. The van der Waals surface area contributed by atoms with Crippen LogP contribution in [-0.4, -0.2) is 54.4 Å². The van der Waals surface area contributed by atoms with Gasteiger partial charge in [0.1, 0.15) is 18.1 Å². The topological polar surface area (TPSA) is 103 Å². The van der Waals surface area contributed by atoms with Gasteiger partial charge >= 0.3 is 0 Å². The van der Waals surface area contributed by atoms with Gasteiger partial charge in [-0.3, -0.25) is 4.79 Å². The van der Waals surface area contributed by atoms with Gasteiger partial charge in [-0.05, 0) is 30.2 Å². The first-order valence-electron chi connectivity index (χ1n) is 9.87. The lowest BCUT2D eigenvalue weighted by molar-refractivity contribution is 0.0935. The van der Waals surface area contributed by atoms with Crippen molar-refractivity contribution in [1.82, 2.24) is 20.4 Å². The van der Waals surface area contributed by atoms with E-state index < -0.39 is 5.91 Å². The van der Waals surface area contributed by atoms with Crippen LogP contribution in [0.15, 0.2) is 41.1 Å². The van der Waals surface area contributed by atoms with Crippen LogP contribution in [0.1, 0.15) is 22.6 Å². The monoisotopic (exact) mass is 427 g/mol.